The van der Waals surface area contributed by atoms with Gasteiger partial charge in [0.1, 0.15) is 11.3 Å². The smallest absolute Gasteiger partial charge is 0.340 e. The molecule has 7 nitrogen and oxygen atoms in total. The minimum Gasteiger partial charge on any atom is -0.462 e. The normalized spacial score (nSPS) is 15.8. The number of hydrogen-bond acceptors (Lipinski definition) is 5. The molecule has 0 spiro atoms. The fourth-order valence-corrected chi connectivity index (χ4v) is 3.59. The molecule has 1 aromatic carbocycles. The van der Waals surface area contributed by atoms with Crippen LogP contribution in [0.3, 0.4) is 0 Å². The van der Waals surface area contributed by atoms with E-state index in [1.165, 1.54) is 4.90 Å². The number of fused-ring (bicyclic) bond motifs is 1. The van der Waals surface area contributed by atoms with E-state index in [-0.39, 0.29) is 23.6 Å². The van der Waals surface area contributed by atoms with E-state index in [2.05, 4.69) is 0 Å². The molecule has 0 bridgehead atoms. The predicted octanol–water partition coefficient (Wildman–Crippen LogP) is 0.559. The number of carbonyl (C=O) groups excluding carboxylic acids is 1. The molecule has 7 heteroatoms. The highest BCUT2D eigenvalue weighted by atomic mass is 16.5. The van der Waals surface area contributed by atoms with E-state index in [4.69, 9.17) is 15.2 Å². The number of benzene rings is 1. The van der Waals surface area contributed by atoms with Gasteiger partial charge < -0.3 is 24.7 Å². The lowest BCUT2D eigenvalue weighted by atomic mass is 9.83. The standard InChI is InChI=1S/C22H27N3O4/c1-5-28-22(27)19-17(15-9-7-6-8-10-15)18-16(29-20(19)23)13-14(2)25(21(18)26)12-11-24(3)4/h6-10,13,17H,5,11-12,23H2,1-4H3/p+1/t17-/m1/s1. The van der Waals surface area contributed by atoms with Crippen LogP contribution in [-0.2, 0) is 16.1 Å². The van der Waals surface area contributed by atoms with Gasteiger partial charge in [0.15, 0.2) is 0 Å². The highest BCUT2D eigenvalue weighted by Crippen LogP contribution is 2.41. The van der Waals surface area contributed by atoms with Crippen LogP contribution in [0.4, 0.5) is 0 Å². The Kier molecular flexibility index (Phi) is 6.08. The minimum atomic E-state index is -0.648. The van der Waals surface area contributed by atoms with Crippen LogP contribution in [0.2, 0.25) is 0 Å². The molecule has 3 rings (SSSR count). The third-order valence-corrected chi connectivity index (χ3v) is 5.03. The number of carbonyl (C=O) groups is 1. The molecule has 0 radical (unpaired) electrons. The van der Waals surface area contributed by atoms with E-state index >= 15 is 0 Å². The second kappa shape index (κ2) is 8.53. The Labute approximate surface area is 170 Å². The molecule has 0 saturated carbocycles. The number of aryl methyl sites for hydroxylation is 1. The van der Waals surface area contributed by atoms with Gasteiger partial charge in [0.25, 0.3) is 5.56 Å². The van der Waals surface area contributed by atoms with E-state index in [1.807, 2.05) is 57.4 Å². The van der Waals surface area contributed by atoms with Gasteiger partial charge in [-0.1, -0.05) is 30.3 Å². The Morgan fingerprint density at radius 2 is 1.97 bits per heavy atom. The summed E-state index contributed by atoms with van der Waals surface area (Å²) in [5, 5.41) is 0. The van der Waals surface area contributed by atoms with Crippen LogP contribution in [0.15, 0.2) is 52.6 Å². The van der Waals surface area contributed by atoms with Crippen molar-refractivity contribution in [2.75, 3.05) is 27.2 Å². The Hall–Kier alpha value is -3.06. The van der Waals surface area contributed by atoms with Crippen molar-refractivity contribution in [3.8, 4) is 5.75 Å². The molecule has 1 atom stereocenters. The molecule has 0 amide bonds. The topological polar surface area (TPSA) is 88.0 Å². The first-order valence-corrected chi connectivity index (χ1v) is 9.78. The summed E-state index contributed by atoms with van der Waals surface area (Å²) in [6.45, 7) is 5.15. The van der Waals surface area contributed by atoms with Gasteiger partial charge >= 0.3 is 5.97 Å². The number of likely N-dealkylation sites (N-methyl/N-ethyl adjacent to an activating group) is 1. The van der Waals surface area contributed by atoms with E-state index in [9.17, 15) is 9.59 Å². The van der Waals surface area contributed by atoms with Crippen molar-refractivity contribution >= 4 is 5.97 Å². The molecule has 1 aromatic heterocycles. The Bertz CT molecular complexity index is 993. The summed E-state index contributed by atoms with van der Waals surface area (Å²) >= 11 is 0. The van der Waals surface area contributed by atoms with Gasteiger partial charge in [-0.3, -0.25) is 4.79 Å². The van der Waals surface area contributed by atoms with Crippen molar-refractivity contribution in [2.24, 2.45) is 5.73 Å². The number of quaternary nitrogens is 1. The molecule has 1 aliphatic heterocycles. The van der Waals surface area contributed by atoms with Gasteiger partial charge in [0.2, 0.25) is 5.88 Å². The number of aromatic nitrogens is 1. The summed E-state index contributed by atoms with van der Waals surface area (Å²) in [4.78, 5) is 27.5. The van der Waals surface area contributed by atoms with Gasteiger partial charge in [-0.15, -0.1) is 0 Å². The molecule has 1 aliphatic rings. The number of nitrogens with zero attached hydrogens (tertiary/aromatic N) is 1. The zero-order chi connectivity index (χ0) is 21.1. The molecule has 0 unspecified atom stereocenters. The van der Waals surface area contributed by atoms with Gasteiger partial charge in [0.05, 0.1) is 45.3 Å². The van der Waals surface area contributed by atoms with E-state index < -0.39 is 11.9 Å². The van der Waals surface area contributed by atoms with Crippen molar-refractivity contribution in [1.29, 1.82) is 0 Å². The van der Waals surface area contributed by atoms with E-state index in [0.717, 1.165) is 17.8 Å². The summed E-state index contributed by atoms with van der Waals surface area (Å²) in [6.07, 6.45) is 0. The van der Waals surface area contributed by atoms with Gasteiger partial charge in [0, 0.05) is 11.8 Å². The van der Waals surface area contributed by atoms with Crippen LogP contribution in [0.25, 0.3) is 0 Å². The molecule has 0 aliphatic carbocycles. The largest absolute Gasteiger partial charge is 0.462 e. The minimum absolute atomic E-state index is 0.0286. The van der Waals surface area contributed by atoms with Gasteiger partial charge in [-0.05, 0) is 19.4 Å². The van der Waals surface area contributed by atoms with Crippen LogP contribution < -0.4 is 20.9 Å². The van der Waals surface area contributed by atoms with Crippen LogP contribution in [0, 0.1) is 6.92 Å². The quantitative estimate of drug-likeness (QED) is 0.695. The lowest BCUT2D eigenvalue weighted by molar-refractivity contribution is -0.858. The summed E-state index contributed by atoms with van der Waals surface area (Å²) in [7, 11) is 4.08. The first-order chi connectivity index (χ1) is 13.8. The first-order valence-electron chi connectivity index (χ1n) is 9.78. The summed E-state index contributed by atoms with van der Waals surface area (Å²) in [6, 6.07) is 11.2. The van der Waals surface area contributed by atoms with Crippen molar-refractivity contribution in [1.82, 2.24) is 4.57 Å². The van der Waals surface area contributed by atoms with Crippen LogP contribution >= 0.6 is 0 Å². The second-order valence-electron chi connectivity index (χ2n) is 7.42. The average Bonchev–Trinajstić information content (AvgIpc) is 2.67. The van der Waals surface area contributed by atoms with Crippen molar-refractivity contribution in [3.05, 3.63) is 75.0 Å². The monoisotopic (exact) mass is 398 g/mol. The van der Waals surface area contributed by atoms with Crippen LogP contribution in [0.5, 0.6) is 5.75 Å². The fraction of sp³-hybridized carbons (Fsp3) is 0.364. The number of hydrogen-bond donors (Lipinski definition) is 2. The van der Waals surface area contributed by atoms with Crippen LogP contribution in [0.1, 0.15) is 29.7 Å². The van der Waals surface area contributed by atoms with E-state index in [0.29, 0.717) is 17.9 Å². The zero-order valence-electron chi connectivity index (χ0n) is 17.3. The number of pyridine rings is 1. The van der Waals surface area contributed by atoms with Gasteiger partial charge in [-0.2, -0.15) is 0 Å². The maximum atomic E-state index is 13.5. The molecule has 2 heterocycles. The summed E-state index contributed by atoms with van der Waals surface area (Å²) in [5.41, 5.74) is 8.10. The number of nitrogens with one attached hydrogen (secondary N) is 1. The van der Waals surface area contributed by atoms with Crippen molar-refractivity contribution in [3.63, 3.8) is 0 Å². The molecule has 154 valence electrons. The molecule has 0 fully saturated rings. The Morgan fingerprint density at radius 1 is 1.28 bits per heavy atom. The first kappa shape index (κ1) is 20.7. The SMILES string of the molecule is CCOC(=O)C1=C(N)Oc2cc(C)n(CC[NH+](C)C)c(=O)c2[C@H]1c1ccccc1. The molecular formula is C22H28N3O4+. The maximum Gasteiger partial charge on any atom is 0.340 e. The third kappa shape index (κ3) is 4.05. The Balaban J connectivity index is 2.23. The fourth-order valence-electron chi connectivity index (χ4n) is 3.59. The summed E-state index contributed by atoms with van der Waals surface area (Å²) in [5.74, 6) is -0.863. The number of rotatable bonds is 6. The summed E-state index contributed by atoms with van der Waals surface area (Å²) < 4.78 is 12.7. The van der Waals surface area contributed by atoms with Crippen molar-refractivity contribution < 1.29 is 19.2 Å². The van der Waals surface area contributed by atoms with E-state index in [1.54, 1.807) is 11.5 Å². The lowest BCUT2D eigenvalue weighted by Gasteiger charge is -2.29. The average molecular weight is 398 g/mol. The highest BCUT2D eigenvalue weighted by molar-refractivity contribution is 5.92. The number of esters is 1. The molecular weight excluding hydrogens is 370 g/mol. The molecule has 29 heavy (non-hydrogen) atoms. The highest BCUT2D eigenvalue weighted by Gasteiger charge is 2.38. The maximum absolute atomic E-state index is 13.5. The lowest BCUT2D eigenvalue weighted by Crippen LogP contribution is -3.06. The number of ether oxygens (including phenoxy) is 2. The van der Waals surface area contributed by atoms with Crippen LogP contribution in [-0.4, -0.2) is 37.8 Å². The third-order valence-electron chi connectivity index (χ3n) is 5.03. The predicted molar refractivity (Wildman–Crippen MR) is 110 cm³/mol. The van der Waals surface area contributed by atoms with Crippen molar-refractivity contribution in [2.45, 2.75) is 26.3 Å². The molecule has 2 aromatic rings. The zero-order valence-corrected chi connectivity index (χ0v) is 17.3. The molecule has 3 N–H and O–H groups in total. The number of nitrogens with two attached hydrogens (primary N) is 1. The second-order valence-corrected chi connectivity index (χ2v) is 7.42. The molecule has 0 saturated heterocycles. The Morgan fingerprint density at radius 3 is 2.59 bits per heavy atom. The van der Waals surface area contributed by atoms with Gasteiger partial charge in [-0.25, -0.2) is 4.79 Å².